The van der Waals surface area contributed by atoms with Gasteiger partial charge in [-0.1, -0.05) is 83.8 Å². The van der Waals surface area contributed by atoms with Crippen LogP contribution in [0.2, 0.25) is 0 Å². The molecule has 0 saturated heterocycles. The maximum Gasteiger partial charge on any atom is 0.326 e. The number of carboxylic acid groups (broad SMARTS) is 1. The van der Waals surface area contributed by atoms with E-state index in [0.717, 1.165) is 96.3 Å². The summed E-state index contributed by atoms with van der Waals surface area (Å²) in [6.07, 6.45) is 13.8. The Labute approximate surface area is 309 Å². The highest BCUT2D eigenvalue weighted by Gasteiger charge is 2.41. The van der Waals surface area contributed by atoms with Crippen LogP contribution in [-0.2, 0) is 30.4 Å². The van der Waals surface area contributed by atoms with E-state index in [1.54, 1.807) is 12.1 Å². The van der Waals surface area contributed by atoms with Crippen LogP contribution in [0.4, 0.5) is 0 Å². The topological polar surface area (TPSA) is 191 Å². The first-order valence-electron chi connectivity index (χ1n) is 19.8. The third kappa shape index (κ3) is 11.7. The number of carboxylic acids is 1. The summed E-state index contributed by atoms with van der Waals surface area (Å²) in [4.78, 5) is 70.0. The lowest BCUT2D eigenvalue weighted by Crippen LogP contribution is -2.62. The van der Waals surface area contributed by atoms with Crippen molar-refractivity contribution >= 4 is 29.6 Å². The SMILES string of the molecule is CC(C)C[C@H](C(=O)O)N(C)C(=O)[C@H](NC(=O)[C@H](NC(=O)[C@@H](Cc1ccc(O)cc1)NC(=O)[C@H](N)C1CCCCC1)C1CCCCC1)C1CCCCC1. The second kappa shape index (κ2) is 20.0. The summed E-state index contributed by atoms with van der Waals surface area (Å²) in [5.74, 6) is -3.13. The van der Waals surface area contributed by atoms with Crippen LogP contribution in [0.1, 0.15) is 122 Å². The van der Waals surface area contributed by atoms with Gasteiger partial charge >= 0.3 is 5.97 Å². The molecule has 1 aromatic carbocycles. The molecule has 4 amide bonds. The molecule has 0 aromatic heterocycles. The Balaban J connectivity index is 1.59. The number of nitrogens with zero attached hydrogens (tertiary/aromatic N) is 1. The van der Waals surface area contributed by atoms with E-state index in [0.29, 0.717) is 5.56 Å². The first-order valence-corrected chi connectivity index (χ1v) is 19.8. The zero-order chi connectivity index (χ0) is 37.8. The number of likely N-dealkylation sites (N-methyl/N-ethyl adjacent to an activating group) is 1. The average Bonchev–Trinajstić information content (AvgIpc) is 3.15. The van der Waals surface area contributed by atoms with Crippen LogP contribution in [0.5, 0.6) is 5.75 Å². The zero-order valence-corrected chi connectivity index (χ0v) is 31.5. The van der Waals surface area contributed by atoms with E-state index in [2.05, 4.69) is 16.0 Å². The molecule has 3 fully saturated rings. The van der Waals surface area contributed by atoms with Crippen molar-refractivity contribution in [2.45, 2.75) is 153 Å². The molecule has 0 bridgehead atoms. The summed E-state index contributed by atoms with van der Waals surface area (Å²) in [6, 6.07) is 1.68. The number of hydrogen-bond donors (Lipinski definition) is 6. The first-order chi connectivity index (χ1) is 24.8. The van der Waals surface area contributed by atoms with Crippen LogP contribution in [0.15, 0.2) is 24.3 Å². The van der Waals surface area contributed by atoms with Crippen LogP contribution in [-0.4, -0.2) is 82.0 Å². The Morgan fingerprint density at radius 3 is 1.69 bits per heavy atom. The number of nitrogens with one attached hydrogen (secondary N) is 3. The minimum Gasteiger partial charge on any atom is -0.508 e. The Hall–Kier alpha value is -3.67. The van der Waals surface area contributed by atoms with Crippen LogP contribution in [0.25, 0.3) is 0 Å². The van der Waals surface area contributed by atoms with Crippen molar-refractivity contribution in [3.8, 4) is 5.75 Å². The number of amides is 4. The number of hydrogen-bond acceptors (Lipinski definition) is 7. The van der Waals surface area contributed by atoms with Gasteiger partial charge in [-0.25, -0.2) is 4.79 Å². The average molecular weight is 726 g/mol. The van der Waals surface area contributed by atoms with Crippen molar-refractivity contribution in [3.05, 3.63) is 29.8 Å². The maximum atomic E-state index is 14.4. The highest BCUT2D eigenvalue weighted by Crippen LogP contribution is 2.31. The van der Waals surface area contributed by atoms with E-state index in [9.17, 15) is 34.2 Å². The number of rotatable bonds is 16. The third-order valence-corrected chi connectivity index (χ3v) is 11.7. The number of nitrogens with two attached hydrogens (primary N) is 1. The highest BCUT2D eigenvalue weighted by molar-refractivity contribution is 5.96. The second-order valence-corrected chi connectivity index (χ2v) is 16.1. The summed E-state index contributed by atoms with van der Waals surface area (Å²) in [6.45, 7) is 3.82. The van der Waals surface area contributed by atoms with E-state index >= 15 is 0 Å². The minimum atomic E-state index is -1.09. The van der Waals surface area contributed by atoms with Crippen molar-refractivity contribution in [1.29, 1.82) is 0 Å². The lowest BCUT2D eigenvalue weighted by molar-refractivity contribution is -0.152. The van der Waals surface area contributed by atoms with Crippen molar-refractivity contribution in [3.63, 3.8) is 0 Å². The zero-order valence-electron chi connectivity index (χ0n) is 31.5. The smallest absolute Gasteiger partial charge is 0.326 e. The van der Waals surface area contributed by atoms with Gasteiger partial charge in [0.1, 0.15) is 29.9 Å². The Bertz CT molecular complexity index is 1340. The fraction of sp³-hybridized carbons (Fsp3) is 0.725. The molecule has 0 radical (unpaired) electrons. The number of aliphatic carboxylic acids is 1. The minimum absolute atomic E-state index is 0.0283. The second-order valence-electron chi connectivity index (χ2n) is 16.1. The van der Waals surface area contributed by atoms with E-state index in [4.69, 9.17) is 5.73 Å². The first kappa shape index (κ1) is 41.1. The summed E-state index contributed by atoms with van der Waals surface area (Å²) < 4.78 is 0. The molecule has 5 atom stereocenters. The summed E-state index contributed by atoms with van der Waals surface area (Å²) in [5.41, 5.74) is 7.16. The summed E-state index contributed by atoms with van der Waals surface area (Å²) >= 11 is 0. The number of carbonyl (C=O) groups is 5. The van der Waals surface area contributed by atoms with Gasteiger partial charge in [-0.05, 0) is 86.3 Å². The molecule has 0 heterocycles. The van der Waals surface area contributed by atoms with Crippen LogP contribution < -0.4 is 21.7 Å². The van der Waals surface area contributed by atoms with Gasteiger partial charge in [0, 0.05) is 13.5 Å². The van der Waals surface area contributed by atoms with Gasteiger partial charge in [0.15, 0.2) is 0 Å². The van der Waals surface area contributed by atoms with E-state index in [1.807, 2.05) is 13.8 Å². The molecule has 3 aliphatic carbocycles. The van der Waals surface area contributed by atoms with Crippen LogP contribution in [0.3, 0.4) is 0 Å². The molecule has 3 saturated carbocycles. The van der Waals surface area contributed by atoms with Gasteiger partial charge in [0.25, 0.3) is 0 Å². The molecule has 12 heteroatoms. The highest BCUT2D eigenvalue weighted by atomic mass is 16.4. The molecule has 7 N–H and O–H groups in total. The molecule has 4 rings (SSSR count). The molecule has 0 unspecified atom stereocenters. The maximum absolute atomic E-state index is 14.4. The molecule has 52 heavy (non-hydrogen) atoms. The molecule has 1 aromatic rings. The number of benzene rings is 1. The van der Waals surface area contributed by atoms with Crippen molar-refractivity contribution in [2.24, 2.45) is 29.4 Å². The predicted molar refractivity (Wildman–Crippen MR) is 199 cm³/mol. The fourth-order valence-corrected chi connectivity index (χ4v) is 8.51. The normalized spacial score (nSPS) is 20.6. The van der Waals surface area contributed by atoms with Gasteiger partial charge < -0.3 is 36.8 Å². The van der Waals surface area contributed by atoms with Gasteiger partial charge in [-0.2, -0.15) is 0 Å². The van der Waals surface area contributed by atoms with Crippen molar-refractivity contribution in [2.75, 3.05) is 7.05 Å². The lowest BCUT2D eigenvalue weighted by atomic mass is 9.81. The third-order valence-electron chi connectivity index (χ3n) is 11.7. The number of phenols is 1. The van der Waals surface area contributed by atoms with Crippen molar-refractivity contribution < 1.29 is 34.2 Å². The molecule has 12 nitrogen and oxygen atoms in total. The van der Waals surface area contributed by atoms with Gasteiger partial charge in [0.2, 0.25) is 23.6 Å². The van der Waals surface area contributed by atoms with Gasteiger partial charge in [0.05, 0.1) is 6.04 Å². The molecule has 0 aliphatic heterocycles. The Kier molecular flexibility index (Phi) is 15.8. The summed E-state index contributed by atoms with van der Waals surface area (Å²) in [5, 5.41) is 28.8. The van der Waals surface area contributed by atoms with E-state index in [-0.39, 0.29) is 42.3 Å². The Morgan fingerprint density at radius 2 is 1.19 bits per heavy atom. The van der Waals surface area contributed by atoms with E-state index in [1.165, 1.54) is 24.1 Å². The lowest BCUT2D eigenvalue weighted by Gasteiger charge is -2.37. The molecular formula is C40H63N5O7. The molecule has 3 aliphatic rings. The molecule has 290 valence electrons. The largest absolute Gasteiger partial charge is 0.508 e. The van der Waals surface area contributed by atoms with Crippen LogP contribution >= 0.6 is 0 Å². The number of carbonyl (C=O) groups excluding carboxylic acids is 4. The quantitative estimate of drug-likeness (QED) is 0.144. The number of phenolic OH excluding ortho intramolecular Hbond substituents is 1. The fourth-order valence-electron chi connectivity index (χ4n) is 8.51. The number of aromatic hydroxyl groups is 1. The van der Waals surface area contributed by atoms with Gasteiger partial charge in [-0.3, -0.25) is 19.2 Å². The molecular weight excluding hydrogens is 662 g/mol. The monoisotopic (exact) mass is 725 g/mol. The Morgan fingerprint density at radius 1 is 0.712 bits per heavy atom. The van der Waals surface area contributed by atoms with Crippen molar-refractivity contribution in [1.82, 2.24) is 20.9 Å². The predicted octanol–water partition coefficient (Wildman–Crippen LogP) is 4.42. The van der Waals surface area contributed by atoms with Gasteiger partial charge in [-0.15, -0.1) is 0 Å². The van der Waals surface area contributed by atoms with E-state index < -0.39 is 59.8 Å². The molecule has 0 spiro atoms. The standard InChI is InChI=1S/C40H63N5O7/c1-25(2)23-32(40(51)52)45(3)39(50)35(29-17-11-6-12-18-29)44-38(49)34(28-15-9-5-10-16-28)43-36(47)31(24-26-19-21-30(46)22-20-26)42-37(48)33(41)27-13-7-4-8-14-27/h19-22,25,27-29,31-35,46H,4-18,23-24,41H2,1-3H3,(H,42,48)(H,43,47)(H,44,49)(H,51,52)/t31-,32-,33-,34-,35-/m1/s1. The van der Waals surface area contributed by atoms with Crippen LogP contribution in [0, 0.1) is 23.7 Å². The summed E-state index contributed by atoms with van der Waals surface area (Å²) in [7, 11) is 1.50.